The van der Waals surface area contributed by atoms with Crippen molar-refractivity contribution >= 4 is 11.8 Å². The van der Waals surface area contributed by atoms with Crippen molar-refractivity contribution < 1.29 is 14.3 Å². The van der Waals surface area contributed by atoms with Gasteiger partial charge in [0.2, 0.25) is 5.88 Å². The number of likely N-dealkylation sites (N-methyl/N-ethyl adjacent to an activating group) is 1. The molecule has 0 aliphatic heterocycles. The van der Waals surface area contributed by atoms with Crippen LogP contribution in [0.3, 0.4) is 0 Å². The molecule has 0 atom stereocenters. The number of carbonyl (C=O) groups is 1. The van der Waals surface area contributed by atoms with Gasteiger partial charge in [-0.1, -0.05) is 27.2 Å². The van der Waals surface area contributed by atoms with Crippen LogP contribution in [-0.2, 0) is 4.74 Å². The molecule has 1 aromatic rings. The fourth-order valence-electron chi connectivity index (χ4n) is 3.27. The van der Waals surface area contributed by atoms with E-state index in [0.29, 0.717) is 35.3 Å². The topological polar surface area (TPSA) is 129 Å². The maximum absolute atomic E-state index is 12.0. The number of alkyl carbamates (subject to hydrolysis) is 1. The van der Waals surface area contributed by atoms with Crippen molar-refractivity contribution in [3.8, 4) is 5.88 Å². The van der Waals surface area contributed by atoms with Crippen LogP contribution in [0.1, 0.15) is 70.7 Å². The predicted molar refractivity (Wildman–Crippen MR) is 121 cm³/mol. The minimum Gasteiger partial charge on any atom is -0.473 e. The summed E-state index contributed by atoms with van der Waals surface area (Å²) in [5.41, 5.74) is 8.38. The molecule has 1 saturated carbocycles. The first-order valence-corrected chi connectivity index (χ1v) is 10.9. The number of aryl methyl sites for hydroxylation is 1. The van der Waals surface area contributed by atoms with Gasteiger partial charge in [0.25, 0.3) is 0 Å². The molecule has 5 N–H and O–H groups in total. The standard InChI is InChI=1S/C22H38N6O3/c1-15-20(31-16-9-7-6-8-10-16)25-13-17(27-15)19(23)18(28(5)24)14-26-21(29)30-12-11-22(2,3)4/h13,16H,6-12,14,23-24H2,1-5H3,(H,26,29)/b19-18-. The number of rotatable bonds is 8. The summed E-state index contributed by atoms with van der Waals surface area (Å²) in [7, 11) is 1.65. The second-order valence-corrected chi connectivity index (χ2v) is 9.30. The normalized spacial score (nSPS) is 15.8. The summed E-state index contributed by atoms with van der Waals surface area (Å²) in [6.07, 6.45) is 7.74. The molecule has 174 valence electrons. The lowest BCUT2D eigenvalue weighted by Gasteiger charge is -2.23. The Morgan fingerprint density at radius 1 is 1.29 bits per heavy atom. The van der Waals surface area contributed by atoms with Gasteiger partial charge in [0, 0.05) is 7.05 Å². The monoisotopic (exact) mass is 434 g/mol. The molecule has 0 unspecified atom stereocenters. The Morgan fingerprint density at radius 2 is 1.97 bits per heavy atom. The van der Waals surface area contributed by atoms with Crippen molar-refractivity contribution in [1.29, 1.82) is 0 Å². The number of hydrogen-bond donors (Lipinski definition) is 3. The molecular weight excluding hydrogens is 396 g/mol. The van der Waals surface area contributed by atoms with Gasteiger partial charge in [-0.2, -0.15) is 0 Å². The Morgan fingerprint density at radius 3 is 2.55 bits per heavy atom. The molecule has 0 saturated heterocycles. The summed E-state index contributed by atoms with van der Waals surface area (Å²) >= 11 is 0. The first kappa shape index (κ1) is 24.7. The summed E-state index contributed by atoms with van der Waals surface area (Å²) in [4.78, 5) is 21.0. The van der Waals surface area contributed by atoms with Gasteiger partial charge in [-0.25, -0.2) is 20.6 Å². The van der Waals surface area contributed by atoms with Gasteiger partial charge in [-0.3, -0.25) is 0 Å². The molecule has 1 aliphatic rings. The maximum atomic E-state index is 12.0. The molecule has 0 aromatic carbocycles. The van der Waals surface area contributed by atoms with Gasteiger partial charge in [-0.15, -0.1) is 0 Å². The highest BCUT2D eigenvalue weighted by atomic mass is 16.5. The molecule has 2 rings (SSSR count). The van der Waals surface area contributed by atoms with E-state index in [2.05, 4.69) is 36.1 Å². The summed E-state index contributed by atoms with van der Waals surface area (Å²) in [5.74, 6) is 6.47. The van der Waals surface area contributed by atoms with E-state index in [1.54, 1.807) is 13.2 Å². The van der Waals surface area contributed by atoms with E-state index in [1.165, 1.54) is 24.3 Å². The van der Waals surface area contributed by atoms with E-state index in [-0.39, 0.29) is 18.1 Å². The molecule has 31 heavy (non-hydrogen) atoms. The third-order valence-electron chi connectivity index (χ3n) is 5.23. The van der Waals surface area contributed by atoms with Gasteiger partial charge in [-0.05, 0) is 44.4 Å². The van der Waals surface area contributed by atoms with Crippen molar-refractivity contribution in [2.75, 3.05) is 20.2 Å². The third-order valence-corrected chi connectivity index (χ3v) is 5.23. The molecule has 9 nitrogen and oxygen atoms in total. The third kappa shape index (κ3) is 8.24. The first-order chi connectivity index (χ1) is 14.6. The number of carbonyl (C=O) groups excluding carboxylic acids is 1. The zero-order valence-electron chi connectivity index (χ0n) is 19.5. The number of hydrazine groups is 1. The fraction of sp³-hybridized carbons (Fsp3) is 0.682. The van der Waals surface area contributed by atoms with Crippen molar-refractivity contribution in [3.63, 3.8) is 0 Å². The molecule has 1 heterocycles. The smallest absolute Gasteiger partial charge is 0.407 e. The molecule has 0 radical (unpaired) electrons. The van der Waals surface area contributed by atoms with E-state index in [4.69, 9.17) is 21.1 Å². The van der Waals surface area contributed by atoms with Crippen LogP contribution in [-0.4, -0.2) is 47.4 Å². The van der Waals surface area contributed by atoms with Crippen molar-refractivity contribution in [1.82, 2.24) is 20.3 Å². The highest BCUT2D eigenvalue weighted by Gasteiger charge is 2.19. The molecule has 0 bridgehead atoms. The average molecular weight is 435 g/mol. The van der Waals surface area contributed by atoms with Gasteiger partial charge in [0.1, 0.15) is 17.5 Å². The van der Waals surface area contributed by atoms with Crippen LogP contribution in [0.25, 0.3) is 5.70 Å². The van der Waals surface area contributed by atoms with Gasteiger partial charge < -0.3 is 25.5 Å². The van der Waals surface area contributed by atoms with Crippen LogP contribution in [0.4, 0.5) is 4.79 Å². The fourth-order valence-corrected chi connectivity index (χ4v) is 3.27. The van der Waals surface area contributed by atoms with E-state index in [0.717, 1.165) is 19.3 Å². The van der Waals surface area contributed by atoms with E-state index < -0.39 is 6.09 Å². The molecule has 0 spiro atoms. The Balaban J connectivity index is 2.02. The second-order valence-electron chi connectivity index (χ2n) is 9.30. The zero-order valence-corrected chi connectivity index (χ0v) is 19.5. The average Bonchev–Trinajstić information content (AvgIpc) is 2.69. The number of nitrogens with two attached hydrogens (primary N) is 2. The highest BCUT2D eigenvalue weighted by molar-refractivity contribution is 5.69. The summed E-state index contributed by atoms with van der Waals surface area (Å²) in [5, 5.41) is 4.04. The summed E-state index contributed by atoms with van der Waals surface area (Å²) in [6.45, 7) is 8.57. The van der Waals surface area contributed by atoms with Crippen molar-refractivity contribution in [2.24, 2.45) is 17.0 Å². The lowest BCUT2D eigenvalue weighted by molar-refractivity contribution is 0.131. The number of aromatic nitrogens is 2. The summed E-state index contributed by atoms with van der Waals surface area (Å²) in [6, 6.07) is 0. The predicted octanol–water partition coefficient (Wildman–Crippen LogP) is 3.09. The van der Waals surface area contributed by atoms with Crippen LogP contribution in [0.15, 0.2) is 11.9 Å². The Bertz CT molecular complexity index is 767. The number of nitrogens with zero attached hydrogens (tertiary/aromatic N) is 3. The van der Waals surface area contributed by atoms with E-state index in [9.17, 15) is 4.79 Å². The molecule has 1 fully saturated rings. The minimum absolute atomic E-state index is 0.0939. The van der Waals surface area contributed by atoms with E-state index in [1.807, 2.05) is 6.92 Å². The van der Waals surface area contributed by atoms with E-state index >= 15 is 0 Å². The zero-order chi connectivity index (χ0) is 23.0. The summed E-state index contributed by atoms with van der Waals surface area (Å²) < 4.78 is 11.3. The Kier molecular flexibility index (Phi) is 8.91. The molecule has 9 heteroatoms. The molecule has 1 aliphatic carbocycles. The lowest BCUT2D eigenvalue weighted by atomic mass is 9.93. The Labute approximate surface area is 185 Å². The molecule has 1 amide bonds. The molecule has 1 aromatic heterocycles. The second kappa shape index (κ2) is 11.2. The number of hydrogen-bond acceptors (Lipinski definition) is 8. The minimum atomic E-state index is -0.519. The van der Waals surface area contributed by atoms with Crippen molar-refractivity contribution in [3.05, 3.63) is 23.3 Å². The maximum Gasteiger partial charge on any atom is 0.407 e. The van der Waals surface area contributed by atoms with Crippen LogP contribution < -0.4 is 21.6 Å². The lowest BCUT2D eigenvalue weighted by Crippen LogP contribution is -2.37. The largest absolute Gasteiger partial charge is 0.473 e. The Hall–Kier alpha value is -2.55. The SMILES string of the molecule is Cc1nc(/C(N)=C(\CNC(=O)OCCC(C)(C)C)N(C)N)cnc1OC1CCCCC1. The van der Waals surface area contributed by atoms with Gasteiger partial charge in [0.15, 0.2) is 0 Å². The van der Waals surface area contributed by atoms with Gasteiger partial charge in [0.05, 0.1) is 30.7 Å². The van der Waals surface area contributed by atoms with Gasteiger partial charge >= 0.3 is 6.09 Å². The van der Waals surface area contributed by atoms with Crippen LogP contribution in [0.2, 0.25) is 0 Å². The van der Waals surface area contributed by atoms with Crippen LogP contribution >= 0.6 is 0 Å². The molecular formula is C22H38N6O3. The number of ether oxygens (including phenoxy) is 2. The van der Waals surface area contributed by atoms with Crippen LogP contribution in [0.5, 0.6) is 5.88 Å². The highest BCUT2D eigenvalue weighted by Crippen LogP contribution is 2.24. The number of amides is 1. The number of nitrogens with one attached hydrogen (secondary N) is 1. The first-order valence-electron chi connectivity index (χ1n) is 10.9. The quantitative estimate of drug-likeness (QED) is 0.420. The van der Waals surface area contributed by atoms with Crippen LogP contribution in [0, 0.1) is 12.3 Å². The van der Waals surface area contributed by atoms with Crippen molar-refractivity contribution in [2.45, 2.75) is 72.3 Å².